The van der Waals surface area contributed by atoms with E-state index in [2.05, 4.69) is 10.3 Å². The first-order valence-corrected chi connectivity index (χ1v) is 7.38. The number of nitrogens with two attached hydrogens (primary N) is 1. The number of nitrogens with zero attached hydrogens (tertiary/aromatic N) is 1. The van der Waals surface area contributed by atoms with Crippen LogP contribution in [0, 0.1) is 6.92 Å². The third kappa shape index (κ3) is 2.69. The van der Waals surface area contributed by atoms with Crippen LogP contribution in [-0.2, 0) is 9.84 Å². The average molecular weight is 255 g/mol. The Hall–Kier alpha value is -1.30. The van der Waals surface area contributed by atoms with Crippen LogP contribution >= 0.6 is 0 Å². The number of hydrogen-bond acceptors (Lipinski definition) is 5. The normalized spacial score (nSPS) is 22.5. The maximum atomic E-state index is 11.6. The first kappa shape index (κ1) is 12.2. The molecule has 3 N–H and O–H groups in total. The van der Waals surface area contributed by atoms with E-state index in [9.17, 15) is 8.42 Å². The maximum Gasteiger partial charge on any atom is 0.154 e. The van der Waals surface area contributed by atoms with Crippen LogP contribution in [0.15, 0.2) is 12.3 Å². The summed E-state index contributed by atoms with van der Waals surface area (Å²) in [4.78, 5) is 4.16. The Balaban J connectivity index is 2.03. The van der Waals surface area contributed by atoms with Crippen LogP contribution in [0.2, 0.25) is 0 Å². The molecular weight excluding hydrogens is 238 g/mol. The molecule has 1 saturated heterocycles. The number of aryl methyl sites for hydroxylation is 1. The van der Waals surface area contributed by atoms with E-state index in [0.29, 0.717) is 23.8 Å². The maximum absolute atomic E-state index is 11.6. The van der Waals surface area contributed by atoms with Gasteiger partial charge >= 0.3 is 0 Å². The Morgan fingerprint density at radius 2 is 2.35 bits per heavy atom. The second-order valence-corrected chi connectivity index (χ2v) is 6.86. The summed E-state index contributed by atoms with van der Waals surface area (Å²) in [5.74, 6) is 0.869. The summed E-state index contributed by atoms with van der Waals surface area (Å²) in [6.45, 7) is 2.30. The SMILES string of the molecule is Cc1cnc(NCC2CCCS2(=O)=O)c(N)c1. The Bertz CT molecular complexity index is 513. The summed E-state index contributed by atoms with van der Waals surface area (Å²) >= 11 is 0. The third-order valence-corrected chi connectivity index (χ3v) is 5.29. The van der Waals surface area contributed by atoms with Crippen molar-refractivity contribution in [3.8, 4) is 0 Å². The average Bonchev–Trinajstić information content (AvgIpc) is 2.57. The van der Waals surface area contributed by atoms with Gasteiger partial charge in [0.15, 0.2) is 9.84 Å². The van der Waals surface area contributed by atoms with E-state index in [0.717, 1.165) is 18.4 Å². The number of rotatable bonds is 3. The fraction of sp³-hybridized carbons (Fsp3) is 0.545. The lowest BCUT2D eigenvalue weighted by Gasteiger charge is -2.12. The fourth-order valence-corrected chi connectivity index (χ4v) is 3.80. The van der Waals surface area contributed by atoms with Crippen molar-refractivity contribution in [2.45, 2.75) is 25.0 Å². The fourth-order valence-electron chi connectivity index (χ4n) is 2.04. The lowest BCUT2D eigenvalue weighted by molar-refractivity contribution is 0.591. The van der Waals surface area contributed by atoms with Crippen LogP contribution in [0.3, 0.4) is 0 Å². The van der Waals surface area contributed by atoms with Gasteiger partial charge in [0.25, 0.3) is 0 Å². The van der Waals surface area contributed by atoms with Gasteiger partial charge in [-0.1, -0.05) is 0 Å². The predicted octanol–water partition coefficient (Wildman–Crippen LogP) is 0.961. The minimum Gasteiger partial charge on any atom is -0.396 e. The molecule has 2 heterocycles. The third-order valence-electron chi connectivity index (χ3n) is 3.01. The highest BCUT2D eigenvalue weighted by Crippen LogP contribution is 2.22. The molecule has 2 rings (SSSR count). The lowest BCUT2D eigenvalue weighted by atomic mass is 10.2. The quantitative estimate of drug-likeness (QED) is 0.840. The molecule has 0 amide bonds. The van der Waals surface area contributed by atoms with Crippen LogP contribution in [0.5, 0.6) is 0 Å². The largest absolute Gasteiger partial charge is 0.396 e. The number of pyridine rings is 1. The van der Waals surface area contributed by atoms with Crippen LogP contribution in [0.4, 0.5) is 11.5 Å². The summed E-state index contributed by atoms with van der Waals surface area (Å²) in [6.07, 6.45) is 3.19. The minimum absolute atomic E-state index is 0.301. The van der Waals surface area contributed by atoms with E-state index in [1.165, 1.54) is 0 Å². The number of nitrogen functional groups attached to an aromatic ring is 1. The summed E-state index contributed by atoms with van der Waals surface area (Å²) in [7, 11) is -2.91. The number of anilines is 2. The van der Waals surface area contributed by atoms with Gasteiger partial charge < -0.3 is 11.1 Å². The van der Waals surface area contributed by atoms with Gasteiger partial charge in [0.2, 0.25) is 0 Å². The molecule has 6 heteroatoms. The number of aromatic nitrogens is 1. The molecule has 1 atom stereocenters. The molecule has 0 aliphatic carbocycles. The molecule has 0 spiro atoms. The second kappa shape index (κ2) is 4.52. The smallest absolute Gasteiger partial charge is 0.154 e. The van der Waals surface area contributed by atoms with Crippen molar-refractivity contribution < 1.29 is 8.42 Å². The minimum atomic E-state index is -2.91. The van der Waals surface area contributed by atoms with Crippen molar-refractivity contribution in [2.24, 2.45) is 0 Å². The molecule has 1 aromatic rings. The van der Waals surface area contributed by atoms with Crippen LogP contribution < -0.4 is 11.1 Å². The number of sulfone groups is 1. The van der Waals surface area contributed by atoms with Gasteiger partial charge in [-0.3, -0.25) is 0 Å². The van der Waals surface area contributed by atoms with E-state index in [-0.39, 0.29) is 5.25 Å². The molecule has 0 bridgehead atoms. The number of hydrogen-bond donors (Lipinski definition) is 2. The molecule has 1 unspecified atom stereocenters. The van der Waals surface area contributed by atoms with Crippen LogP contribution in [-0.4, -0.2) is 30.9 Å². The topological polar surface area (TPSA) is 85.1 Å². The molecule has 0 saturated carbocycles. The highest BCUT2D eigenvalue weighted by Gasteiger charge is 2.30. The zero-order valence-corrected chi connectivity index (χ0v) is 10.6. The molecule has 0 aromatic carbocycles. The molecule has 1 aliphatic heterocycles. The summed E-state index contributed by atoms with van der Waals surface area (Å²) < 4.78 is 23.3. The monoisotopic (exact) mass is 255 g/mol. The Kier molecular flexibility index (Phi) is 3.24. The Morgan fingerprint density at radius 3 is 2.94 bits per heavy atom. The second-order valence-electron chi connectivity index (χ2n) is 4.46. The van der Waals surface area contributed by atoms with E-state index in [4.69, 9.17) is 5.73 Å². The van der Waals surface area contributed by atoms with E-state index in [1.807, 2.05) is 13.0 Å². The van der Waals surface area contributed by atoms with Gasteiger partial charge in [0.1, 0.15) is 5.82 Å². The standard InChI is InChI=1S/C11H17N3O2S/c1-8-5-10(12)11(13-6-8)14-7-9-3-2-4-17(9,15)16/h5-6,9H,2-4,7,12H2,1H3,(H,13,14). The molecule has 1 fully saturated rings. The molecule has 1 aliphatic rings. The van der Waals surface area contributed by atoms with Gasteiger partial charge in [-0.2, -0.15) is 0 Å². The molecule has 1 aromatic heterocycles. The summed E-state index contributed by atoms with van der Waals surface area (Å²) in [5, 5.41) is 2.72. The highest BCUT2D eigenvalue weighted by molar-refractivity contribution is 7.92. The highest BCUT2D eigenvalue weighted by atomic mass is 32.2. The molecule has 94 valence electrons. The van der Waals surface area contributed by atoms with Crippen LogP contribution in [0.25, 0.3) is 0 Å². The van der Waals surface area contributed by atoms with Gasteiger partial charge in [-0.05, 0) is 31.4 Å². The molecule has 5 nitrogen and oxygen atoms in total. The van der Waals surface area contributed by atoms with Gasteiger partial charge in [-0.25, -0.2) is 13.4 Å². The summed E-state index contributed by atoms with van der Waals surface area (Å²) in [6, 6.07) is 1.82. The lowest BCUT2D eigenvalue weighted by Crippen LogP contribution is -2.25. The van der Waals surface area contributed by atoms with Crippen molar-refractivity contribution in [1.82, 2.24) is 4.98 Å². The Labute approximate surface area is 101 Å². The summed E-state index contributed by atoms with van der Waals surface area (Å²) in [5.41, 5.74) is 7.34. The molecular formula is C11H17N3O2S. The zero-order valence-electron chi connectivity index (χ0n) is 9.81. The van der Waals surface area contributed by atoms with Crippen LogP contribution in [0.1, 0.15) is 18.4 Å². The van der Waals surface area contributed by atoms with Crippen molar-refractivity contribution in [1.29, 1.82) is 0 Å². The van der Waals surface area contributed by atoms with Crippen molar-refractivity contribution in [3.63, 3.8) is 0 Å². The first-order chi connectivity index (χ1) is 7.99. The van der Waals surface area contributed by atoms with Crippen molar-refractivity contribution in [2.75, 3.05) is 23.3 Å². The zero-order chi connectivity index (χ0) is 12.5. The molecule has 0 radical (unpaired) electrons. The van der Waals surface area contributed by atoms with Gasteiger partial charge in [-0.15, -0.1) is 0 Å². The Morgan fingerprint density at radius 1 is 1.59 bits per heavy atom. The van der Waals surface area contributed by atoms with E-state index < -0.39 is 9.84 Å². The first-order valence-electron chi connectivity index (χ1n) is 5.66. The van der Waals surface area contributed by atoms with Gasteiger partial charge in [0.05, 0.1) is 16.7 Å². The van der Waals surface area contributed by atoms with E-state index in [1.54, 1.807) is 6.20 Å². The van der Waals surface area contributed by atoms with Gasteiger partial charge in [0, 0.05) is 12.7 Å². The van der Waals surface area contributed by atoms with Crippen molar-refractivity contribution in [3.05, 3.63) is 17.8 Å². The predicted molar refractivity (Wildman–Crippen MR) is 68.7 cm³/mol. The van der Waals surface area contributed by atoms with E-state index >= 15 is 0 Å². The number of nitrogens with one attached hydrogen (secondary N) is 1. The van der Waals surface area contributed by atoms with Crippen molar-refractivity contribution >= 4 is 21.3 Å². The molecule has 17 heavy (non-hydrogen) atoms.